The second kappa shape index (κ2) is 4.85. The maximum atomic E-state index is 11.9. The summed E-state index contributed by atoms with van der Waals surface area (Å²) in [7, 11) is 0. The van der Waals surface area contributed by atoms with Gasteiger partial charge in [-0.05, 0) is 12.8 Å². The molecule has 0 aromatic rings. The van der Waals surface area contributed by atoms with Gasteiger partial charge in [0.2, 0.25) is 11.8 Å². The number of carbonyl (C=O) groups is 2. The Labute approximate surface area is 106 Å². The van der Waals surface area contributed by atoms with Gasteiger partial charge in [0.15, 0.2) is 0 Å². The van der Waals surface area contributed by atoms with Crippen molar-refractivity contribution in [2.45, 2.75) is 25.0 Å². The molecule has 2 amide bonds. The van der Waals surface area contributed by atoms with Crippen molar-refractivity contribution in [3.63, 3.8) is 0 Å². The van der Waals surface area contributed by atoms with E-state index >= 15 is 0 Å². The average Bonchev–Trinajstić information content (AvgIpc) is 3.10. The molecule has 6 nitrogen and oxygen atoms in total. The monoisotopic (exact) mass is 253 g/mol. The van der Waals surface area contributed by atoms with Crippen molar-refractivity contribution >= 4 is 11.8 Å². The van der Waals surface area contributed by atoms with Gasteiger partial charge in [-0.2, -0.15) is 0 Å². The molecule has 2 heterocycles. The Balaban J connectivity index is 1.44. The SMILES string of the molecule is O=C(COC1CNC1)N1CCN(C2CC2)C(=O)C1. The second-order valence-electron chi connectivity index (χ2n) is 5.22. The molecule has 18 heavy (non-hydrogen) atoms. The van der Waals surface area contributed by atoms with Crippen LogP contribution in [0.1, 0.15) is 12.8 Å². The van der Waals surface area contributed by atoms with Crippen LogP contribution in [0.5, 0.6) is 0 Å². The van der Waals surface area contributed by atoms with Crippen molar-refractivity contribution in [1.82, 2.24) is 15.1 Å². The molecule has 2 aliphatic heterocycles. The molecule has 3 fully saturated rings. The predicted molar refractivity (Wildman–Crippen MR) is 63.9 cm³/mol. The lowest BCUT2D eigenvalue weighted by atomic mass is 10.2. The summed E-state index contributed by atoms with van der Waals surface area (Å²) in [6, 6.07) is 0.451. The number of rotatable bonds is 4. The fraction of sp³-hybridized carbons (Fsp3) is 0.833. The quantitative estimate of drug-likeness (QED) is 0.684. The third-order valence-electron chi connectivity index (χ3n) is 3.78. The van der Waals surface area contributed by atoms with Gasteiger partial charge in [-0.25, -0.2) is 0 Å². The van der Waals surface area contributed by atoms with Gasteiger partial charge in [0.05, 0.1) is 12.6 Å². The number of hydrogen-bond acceptors (Lipinski definition) is 4. The molecule has 0 radical (unpaired) electrons. The lowest BCUT2D eigenvalue weighted by Crippen LogP contribution is -2.54. The zero-order valence-electron chi connectivity index (χ0n) is 10.4. The van der Waals surface area contributed by atoms with Gasteiger partial charge in [0.25, 0.3) is 0 Å². The Bertz CT molecular complexity index is 352. The summed E-state index contributed by atoms with van der Waals surface area (Å²) in [4.78, 5) is 27.3. The zero-order chi connectivity index (χ0) is 12.5. The molecule has 0 aromatic heterocycles. The van der Waals surface area contributed by atoms with E-state index in [-0.39, 0.29) is 31.1 Å². The number of piperazine rings is 1. The molecule has 0 atom stereocenters. The van der Waals surface area contributed by atoms with E-state index in [0.29, 0.717) is 19.1 Å². The van der Waals surface area contributed by atoms with Gasteiger partial charge >= 0.3 is 0 Å². The normalized spacial score (nSPS) is 25.2. The van der Waals surface area contributed by atoms with E-state index in [9.17, 15) is 9.59 Å². The highest BCUT2D eigenvalue weighted by Crippen LogP contribution is 2.27. The van der Waals surface area contributed by atoms with Crippen LogP contribution in [-0.4, -0.2) is 73.1 Å². The first kappa shape index (κ1) is 11.9. The molecule has 0 aromatic carbocycles. The minimum absolute atomic E-state index is 0.0642. The molecule has 2 saturated heterocycles. The lowest BCUT2D eigenvalue weighted by molar-refractivity contribution is -0.149. The molecule has 100 valence electrons. The van der Waals surface area contributed by atoms with Crippen LogP contribution in [0.4, 0.5) is 0 Å². The minimum Gasteiger partial charge on any atom is -0.366 e. The Kier molecular flexibility index (Phi) is 3.22. The van der Waals surface area contributed by atoms with Gasteiger partial charge in [0, 0.05) is 32.2 Å². The molecule has 0 unspecified atom stereocenters. The first-order valence-corrected chi connectivity index (χ1v) is 6.63. The van der Waals surface area contributed by atoms with Crippen molar-refractivity contribution in [2.75, 3.05) is 39.3 Å². The first-order valence-electron chi connectivity index (χ1n) is 6.63. The van der Waals surface area contributed by atoms with Gasteiger partial charge in [-0.3, -0.25) is 9.59 Å². The molecule has 1 saturated carbocycles. The summed E-state index contributed by atoms with van der Waals surface area (Å²) < 4.78 is 5.44. The van der Waals surface area contributed by atoms with Gasteiger partial charge in [0.1, 0.15) is 6.61 Å². The van der Waals surface area contributed by atoms with Crippen molar-refractivity contribution < 1.29 is 14.3 Å². The number of amides is 2. The smallest absolute Gasteiger partial charge is 0.249 e. The Hall–Kier alpha value is -1.14. The summed E-state index contributed by atoms with van der Waals surface area (Å²) in [6.07, 6.45) is 2.41. The van der Waals surface area contributed by atoms with E-state index in [1.165, 1.54) is 0 Å². The van der Waals surface area contributed by atoms with Crippen LogP contribution in [0.3, 0.4) is 0 Å². The zero-order valence-corrected chi connectivity index (χ0v) is 10.4. The lowest BCUT2D eigenvalue weighted by Gasteiger charge is -2.35. The molecule has 1 N–H and O–H groups in total. The van der Waals surface area contributed by atoms with E-state index in [1.807, 2.05) is 4.90 Å². The minimum atomic E-state index is -0.0642. The molecule has 0 spiro atoms. The fourth-order valence-corrected chi connectivity index (χ4v) is 2.33. The van der Waals surface area contributed by atoms with Crippen molar-refractivity contribution in [3.8, 4) is 0 Å². The van der Waals surface area contributed by atoms with E-state index in [0.717, 1.165) is 25.9 Å². The topological polar surface area (TPSA) is 61.9 Å². The van der Waals surface area contributed by atoms with E-state index in [4.69, 9.17) is 4.74 Å². The third kappa shape index (κ3) is 2.49. The summed E-state index contributed by atoms with van der Waals surface area (Å²) in [5.74, 6) is 0.0214. The number of nitrogens with zero attached hydrogens (tertiary/aromatic N) is 2. The van der Waals surface area contributed by atoms with Crippen molar-refractivity contribution in [2.24, 2.45) is 0 Å². The summed E-state index contributed by atoms with van der Waals surface area (Å²) in [5, 5.41) is 3.09. The summed E-state index contributed by atoms with van der Waals surface area (Å²) in [5.41, 5.74) is 0. The maximum Gasteiger partial charge on any atom is 0.249 e. The second-order valence-corrected chi connectivity index (χ2v) is 5.22. The van der Waals surface area contributed by atoms with Gasteiger partial charge in [-0.1, -0.05) is 0 Å². The predicted octanol–water partition coefficient (Wildman–Crippen LogP) is -1.19. The van der Waals surface area contributed by atoms with Crippen LogP contribution in [-0.2, 0) is 14.3 Å². The Morgan fingerprint density at radius 1 is 1.33 bits per heavy atom. The standard InChI is InChI=1S/C12H19N3O3/c16-11-7-14(3-4-15(11)9-1-2-9)12(17)8-18-10-5-13-6-10/h9-10,13H,1-8H2. The number of nitrogens with one attached hydrogen (secondary N) is 1. The molecule has 3 rings (SSSR count). The maximum absolute atomic E-state index is 11.9. The van der Waals surface area contributed by atoms with Gasteiger partial charge in [-0.15, -0.1) is 0 Å². The average molecular weight is 253 g/mol. The Morgan fingerprint density at radius 3 is 2.67 bits per heavy atom. The van der Waals surface area contributed by atoms with Crippen LogP contribution in [0.2, 0.25) is 0 Å². The number of ether oxygens (including phenoxy) is 1. The number of hydrogen-bond donors (Lipinski definition) is 1. The highest BCUT2D eigenvalue weighted by Gasteiger charge is 2.36. The van der Waals surface area contributed by atoms with E-state index in [1.54, 1.807) is 4.90 Å². The van der Waals surface area contributed by atoms with Crippen LogP contribution in [0.25, 0.3) is 0 Å². The molecule has 1 aliphatic carbocycles. The highest BCUT2D eigenvalue weighted by atomic mass is 16.5. The van der Waals surface area contributed by atoms with Crippen molar-refractivity contribution in [1.29, 1.82) is 0 Å². The van der Waals surface area contributed by atoms with E-state index in [2.05, 4.69) is 5.32 Å². The molecule has 0 bridgehead atoms. The molecule has 3 aliphatic rings. The third-order valence-corrected chi connectivity index (χ3v) is 3.78. The fourth-order valence-electron chi connectivity index (χ4n) is 2.33. The van der Waals surface area contributed by atoms with Crippen LogP contribution in [0, 0.1) is 0 Å². The molecular weight excluding hydrogens is 234 g/mol. The summed E-state index contributed by atoms with van der Waals surface area (Å²) in [6.45, 7) is 3.29. The van der Waals surface area contributed by atoms with E-state index < -0.39 is 0 Å². The van der Waals surface area contributed by atoms with Crippen LogP contribution < -0.4 is 5.32 Å². The largest absolute Gasteiger partial charge is 0.366 e. The van der Waals surface area contributed by atoms with Crippen molar-refractivity contribution in [3.05, 3.63) is 0 Å². The molecular formula is C12H19N3O3. The van der Waals surface area contributed by atoms with Crippen LogP contribution >= 0.6 is 0 Å². The number of carbonyl (C=O) groups excluding carboxylic acids is 2. The van der Waals surface area contributed by atoms with Crippen LogP contribution in [0.15, 0.2) is 0 Å². The summed E-state index contributed by atoms with van der Waals surface area (Å²) >= 11 is 0. The Morgan fingerprint density at radius 2 is 2.11 bits per heavy atom. The highest BCUT2D eigenvalue weighted by molar-refractivity contribution is 5.86. The molecule has 6 heteroatoms. The first-order chi connectivity index (χ1) is 8.74. The van der Waals surface area contributed by atoms with Gasteiger partial charge < -0.3 is 19.9 Å².